The Morgan fingerprint density at radius 3 is 2.56 bits per heavy atom. The Labute approximate surface area is 111 Å². The van der Waals surface area contributed by atoms with Gasteiger partial charge in [-0.3, -0.25) is 0 Å². The molecule has 0 saturated carbocycles. The lowest BCUT2D eigenvalue weighted by Gasteiger charge is -2.31. The van der Waals surface area contributed by atoms with Crippen molar-refractivity contribution in [3.05, 3.63) is 0 Å². The van der Waals surface area contributed by atoms with Gasteiger partial charge in [-0.05, 0) is 33.0 Å². The standard InChI is InChI=1S/C11H22N4O.C2H6/c1-12-6-7-14-8-9-15(11(14)16)10-2-4-13-5-3-10;1-2/h10,12-13H,2-9H2,1H3;1-2H3. The van der Waals surface area contributed by atoms with Gasteiger partial charge in [-0.25, -0.2) is 4.79 Å². The molecule has 2 saturated heterocycles. The summed E-state index contributed by atoms with van der Waals surface area (Å²) in [5, 5.41) is 6.42. The van der Waals surface area contributed by atoms with Gasteiger partial charge in [0.05, 0.1) is 0 Å². The molecular formula is C13H28N4O. The highest BCUT2D eigenvalue weighted by Crippen LogP contribution is 2.18. The van der Waals surface area contributed by atoms with Gasteiger partial charge in [0.25, 0.3) is 0 Å². The van der Waals surface area contributed by atoms with Crippen LogP contribution in [0, 0.1) is 0 Å². The van der Waals surface area contributed by atoms with Gasteiger partial charge >= 0.3 is 6.03 Å². The minimum absolute atomic E-state index is 0.238. The molecule has 0 bridgehead atoms. The smallest absolute Gasteiger partial charge is 0.320 e. The maximum atomic E-state index is 12.1. The van der Waals surface area contributed by atoms with E-state index in [1.807, 2.05) is 25.8 Å². The van der Waals surface area contributed by atoms with Crippen molar-refractivity contribution in [2.75, 3.05) is 46.3 Å². The number of piperidine rings is 1. The summed E-state index contributed by atoms with van der Waals surface area (Å²) >= 11 is 0. The van der Waals surface area contributed by atoms with E-state index in [0.29, 0.717) is 6.04 Å². The van der Waals surface area contributed by atoms with E-state index in [-0.39, 0.29) is 6.03 Å². The number of nitrogens with zero attached hydrogens (tertiary/aromatic N) is 2. The van der Waals surface area contributed by atoms with Crippen LogP contribution >= 0.6 is 0 Å². The van der Waals surface area contributed by atoms with Crippen molar-refractivity contribution in [2.45, 2.75) is 32.7 Å². The molecule has 0 atom stereocenters. The molecule has 106 valence electrons. The summed E-state index contributed by atoms with van der Waals surface area (Å²) in [7, 11) is 1.92. The summed E-state index contributed by atoms with van der Waals surface area (Å²) in [6.07, 6.45) is 2.21. The second-order valence-electron chi connectivity index (χ2n) is 4.55. The van der Waals surface area contributed by atoms with Gasteiger partial charge in [0, 0.05) is 32.2 Å². The number of carbonyl (C=O) groups is 1. The predicted octanol–water partition coefficient (Wildman–Crippen LogP) is 0.722. The first-order valence-electron chi connectivity index (χ1n) is 7.24. The third kappa shape index (κ3) is 3.85. The quantitative estimate of drug-likeness (QED) is 0.779. The molecule has 2 rings (SSSR count). The fraction of sp³-hybridized carbons (Fsp3) is 0.923. The van der Waals surface area contributed by atoms with Crippen LogP contribution in [0.15, 0.2) is 0 Å². The topological polar surface area (TPSA) is 47.6 Å². The molecule has 0 unspecified atom stereocenters. The summed E-state index contributed by atoms with van der Waals surface area (Å²) in [5.41, 5.74) is 0. The SMILES string of the molecule is CC.CNCCN1CCN(C2CCNCC2)C1=O. The second-order valence-corrected chi connectivity index (χ2v) is 4.55. The normalized spacial score (nSPS) is 20.9. The van der Waals surface area contributed by atoms with Crippen molar-refractivity contribution in [1.82, 2.24) is 20.4 Å². The van der Waals surface area contributed by atoms with Gasteiger partial charge in [0.2, 0.25) is 0 Å². The van der Waals surface area contributed by atoms with Gasteiger partial charge in [-0.15, -0.1) is 0 Å². The van der Waals surface area contributed by atoms with Crippen LogP contribution in [0.5, 0.6) is 0 Å². The Morgan fingerprint density at radius 2 is 1.94 bits per heavy atom. The van der Waals surface area contributed by atoms with E-state index in [4.69, 9.17) is 0 Å². The highest BCUT2D eigenvalue weighted by molar-refractivity contribution is 5.76. The molecule has 0 aliphatic carbocycles. The second kappa shape index (κ2) is 8.32. The van der Waals surface area contributed by atoms with Crippen molar-refractivity contribution in [3.63, 3.8) is 0 Å². The summed E-state index contributed by atoms with van der Waals surface area (Å²) in [5.74, 6) is 0. The first-order chi connectivity index (χ1) is 8.83. The molecule has 0 aromatic rings. The molecule has 5 heteroatoms. The molecule has 2 aliphatic rings. The molecule has 0 spiro atoms. The third-order valence-corrected chi connectivity index (χ3v) is 3.51. The number of carbonyl (C=O) groups excluding carboxylic acids is 1. The minimum Gasteiger partial charge on any atom is -0.322 e. The average molecular weight is 256 g/mol. The molecule has 2 amide bonds. The van der Waals surface area contributed by atoms with E-state index in [0.717, 1.165) is 52.1 Å². The maximum absolute atomic E-state index is 12.1. The molecule has 0 aromatic carbocycles. The van der Waals surface area contributed by atoms with Crippen molar-refractivity contribution >= 4 is 6.03 Å². The Balaban J connectivity index is 0.000000771. The monoisotopic (exact) mass is 256 g/mol. The number of rotatable bonds is 4. The molecule has 18 heavy (non-hydrogen) atoms. The molecular weight excluding hydrogens is 228 g/mol. The van der Waals surface area contributed by atoms with E-state index in [2.05, 4.69) is 15.5 Å². The fourth-order valence-corrected chi connectivity index (χ4v) is 2.51. The fourth-order valence-electron chi connectivity index (χ4n) is 2.51. The number of nitrogens with one attached hydrogen (secondary N) is 2. The molecule has 2 N–H and O–H groups in total. The molecule has 5 nitrogen and oxygen atoms in total. The van der Waals surface area contributed by atoms with Crippen molar-refractivity contribution in [1.29, 1.82) is 0 Å². The predicted molar refractivity (Wildman–Crippen MR) is 74.8 cm³/mol. The highest BCUT2D eigenvalue weighted by atomic mass is 16.2. The van der Waals surface area contributed by atoms with E-state index < -0.39 is 0 Å². The van der Waals surface area contributed by atoms with E-state index in [1.165, 1.54) is 0 Å². The Bertz CT molecular complexity index is 241. The van der Waals surface area contributed by atoms with Crippen LogP contribution in [0.1, 0.15) is 26.7 Å². The molecule has 0 aromatic heterocycles. The Kier molecular flexibility index (Phi) is 7.05. The highest BCUT2D eigenvalue weighted by Gasteiger charge is 2.33. The van der Waals surface area contributed by atoms with Crippen molar-refractivity contribution in [3.8, 4) is 0 Å². The van der Waals surface area contributed by atoms with Gasteiger partial charge in [0.15, 0.2) is 0 Å². The number of amides is 2. The first-order valence-corrected chi connectivity index (χ1v) is 7.24. The largest absolute Gasteiger partial charge is 0.322 e. The van der Waals surface area contributed by atoms with Crippen LogP contribution in [-0.2, 0) is 0 Å². The van der Waals surface area contributed by atoms with Crippen LogP contribution in [-0.4, -0.2) is 68.2 Å². The number of likely N-dealkylation sites (N-methyl/N-ethyl adjacent to an activating group) is 1. The molecule has 2 aliphatic heterocycles. The minimum atomic E-state index is 0.238. The van der Waals surface area contributed by atoms with Gasteiger partial charge in [-0.2, -0.15) is 0 Å². The average Bonchev–Trinajstić information content (AvgIpc) is 2.81. The van der Waals surface area contributed by atoms with E-state index in [1.54, 1.807) is 0 Å². The van der Waals surface area contributed by atoms with Gasteiger partial charge < -0.3 is 20.4 Å². The zero-order valence-electron chi connectivity index (χ0n) is 12.0. The van der Waals surface area contributed by atoms with Crippen LogP contribution in [0.25, 0.3) is 0 Å². The molecule has 0 radical (unpaired) electrons. The summed E-state index contributed by atoms with van der Waals surface area (Å²) < 4.78 is 0. The third-order valence-electron chi connectivity index (χ3n) is 3.51. The molecule has 2 heterocycles. The molecule has 2 fully saturated rings. The van der Waals surface area contributed by atoms with Crippen LogP contribution in [0.4, 0.5) is 4.79 Å². The number of hydrogen-bond acceptors (Lipinski definition) is 3. The number of urea groups is 1. The van der Waals surface area contributed by atoms with Crippen LogP contribution in [0.3, 0.4) is 0 Å². The summed E-state index contributed by atoms with van der Waals surface area (Å²) in [6.45, 7) is 9.61. The maximum Gasteiger partial charge on any atom is 0.320 e. The zero-order valence-corrected chi connectivity index (χ0v) is 12.0. The Hall–Kier alpha value is -0.810. The van der Waals surface area contributed by atoms with Gasteiger partial charge in [-0.1, -0.05) is 13.8 Å². The van der Waals surface area contributed by atoms with Crippen molar-refractivity contribution in [2.24, 2.45) is 0 Å². The van der Waals surface area contributed by atoms with Crippen LogP contribution in [0.2, 0.25) is 0 Å². The lowest BCUT2D eigenvalue weighted by atomic mass is 10.1. The summed E-state index contributed by atoms with van der Waals surface area (Å²) in [6, 6.07) is 0.704. The van der Waals surface area contributed by atoms with E-state index in [9.17, 15) is 4.79 Å². The van der Waals surface area contributed by atoms with E-state index >= 15 is 0 Å². The lowest BCUT2D eigenvalue weighted by molar-refractivity contribution is 0.166. The first kappa shape index (κ1) is 15.2. The summed E-state index contributed by atoms with van der Waals surface area (Å²) in [4.78, 5) is 16.1. The Morgan fingerprint density at radius 1 is 1.28 bits per heavy atom. The number of hydrogen-bond donors (Lipinski definition) is 2. The zero-order chi connectivity index (χ0) is 13.4. The lowest BCUT2D eigenvalue weighted by Crippen LogP contribution is -2.45. The van der Waals surface area contributed by atoms with Gasteiger partial charge in [0.1, 0.15) is 0 Å². The van der Waals surface area contributed by atoms with Crippen LogP contribution < -0.4 is 10.6 Å². The van der Waals surface area contributed by atoms with Crippen molar-refractivity contribution < 1.29 is 4.79 Å².